The van der Waals surface area contributed by atoms with E-state index in [0.29, 0.717) is 18.5 Å². The van der Waals surface area contributed by atoms with Crippen LogP contribution in [0.2, 0.25) is 0 Å². The SMILES string of the molecule is COc1ccc(CN2C3CC2CN(c2ccc(-c4cc(N5CCCC5)cc(Cc5cc(C)[nH]n5)n4)cn2)C3)cc1. The van der Waals surface area contributed by atoms with Crippen molar-refractivity contribution < 1.29 is 4.74 Å². The van der Waals surface area contributed by atoms with E-state index in [1.165, 1.54) is 30.5 Å². The van der Waals surface area contributed by atoms with Crippen molar-refractivity contribution in [2.75, 3.05) is 43.1 Å². The normalized spacial score (nSPS) is 20.6. The number of aryl methyl sites for hydroxylation is 1. The smallest absolute Gasteiger partial charge is 0.128 e. The second-order valence-electron chi connectivity index (χ2n) is 11.5. The van der Waals surface area contributed by atoms with Crippen LogP contribution in [0.25, 0.3) is 11.3 Å². The number of rotatable bonds is 8. The predicted octanol–water partition coefficient (Wildman–Crippen LogP) is 4.84. The summed E-state index contributed by atoms with van der Waals surface area (Å²) in [5.41, 5.74) is 7.78. The van der Waals surface area contributed by atoms with Gasteiger partial charge in [-0.25, -0.2) is 4.98 Å². The first-order valence-electron chi connectivity index (χ1n) is 14.5. The molecule has 7 heterocycles. The van der Waals surface area contributed by atoms with Gasteiger partial charge in [-0.15, -0.1) is 0 Å². The highest BCUT2D eigenvalue weighted by atomic mass is 16.5. The molecule has 8 heteroatoms. The van der Waals surface area contributed by atoms with Crippen molar-refractivity contribution in [2.45, 2.75) is 51.2 Å². The molecule has 0 radical (unpaired) electrons. The number of nitrogens with one attached hydrogen (secondary N) is 1. The summed E-state index contributed by atoms with van der Waals surface area (Å²) in [6, 6.07) is 20.6. The Balaban J connectivity index is 1.06. The van der Waals surface area contributed by atoms with E-state index in [9.17, 15) is 0 Å². The summed E-state index contributed by atoms with van der Waals surface area (Å²) in [6.07, 6.45) is 6.49. The van der Waals surface area contributed by atoms with E-state index < -0.39 is 0 Å². The fraction of sp³-hybridized carbons (Fsp3) is 0.406. The summed E-state index contributed by atoms with van der Waals surface area (Å²) in [4.78, 5) is 17.6. The van der Waals surface area contributed by atoms with Crippen molar-refractivity contribution in [3.8, 4) is 17.0 Å². The van der Waals surface area contributed by atoms with E-state index in [1.54, 1.807) is 7.11 Å². The van der Waals surface area contributed by atoms with Gasteiger partial charge < -0.3 is 14.5 Å². The molecule has 2 unspecified atom stereocenters. The second kappa shape index (κ2) is 10.6. The highest BCUT2D eigenvalue weighted by Crippen LogP contribution is 2.36. The third kappa shape index (κ3) is 5.04. The minimum absolute atomic E-state index is 0.578. The monoisotopic (exact) mass is 535 g/mol. The number of fused-ring (bicyclic) bond motifs is 2. The molecule has 3 aromatic heterocycles. The van der Waals surface area contributed by atoms with Crippen molar-refractivity contribution in [3.63, 3.8) is 0 Å². The van der Waals surface area contributed by atoms with Crippen LogP contribution in [0.5, 0.6) is 5.75 Å². The molecule has 2 atom stereocenters. The maximum atomic E-state index is 5.31. The number of hydrogen-bond acceptors (Lipinski definition) is 7. The summed E-state index contributed by atoms with van der Waals surface area (Å²) in [5.74, 6) is 1.97. The van der Waals surface area contributed by atoms with Crippen molar-refractivity contribution in [2.24, 2.45) is 0 Å². The number of anilines is 2. The maximum absolute atomic E-state index is 5.31. The Morgan fingerprint density at radius 3 is 2.40 bits per heavy atom. The molecule has 8 rings (SSSR count). The number of H-pyrrole nitrogens is 1. The van der Waals surface area contributed by atoms with E-state index in [4.69, 9.17) is 14.7 Å². The van der Waals surface area contributed by atoms with Gasteiger partial charge in [0.2, 0.25) is 0 Å². The molecule has 4 saturated heterocycles. The van der Waals surface area contributed by atoms with Gasteiger partial charge in [-0.05, 0) is 74.2 Å². The minimum Gasteiger partial charge on any atom is -0.497 e. The van der Waals surface area contributed by atoms with Crippen LogP contribution in [0.15, 0.2) is 60.8 Å². The van der Waals surface area contributed by atoms with Gasteiger partial charge in [0, 0.05) is 80.1 Å². The Bertz CT molecular complexity index is 1450. The van der Waals surface area contributed by atoms with Gasteiger partial charge in [0.05, 0.1) is 18.5 Å². The van der Waals surface area contributed by atoms with Crippen LogP contribution in [0.4, 0.5) is 11.5 Å². The van der Waals surface area contributed by atoms with Crippen molar-refractivity contribution in [1.82, 2.24) is 25.1 Å². The first-order valence-corrected chi connectivity index (χ1v) is 14.5. The van der Waals surface area contributed by atoms with Gasteiger partial charge in [-0.3, -0.25) is 15.0 Å². The van der Waals surface area contributed by atoms with Crippen LogP contribution >= 0.6 is 0 Å². The standard InChI is InChI=1S/C32H37N7O/c1-22-13-26(36-35-22)14-25-15-27(37-11-3-4-12-37)17-31(34-25)24-7-10-32(33-18-24)38-20-28-16-29(21-38)39(28)19-23-5-8-30(40-2)9-6-23/h5-10,13,15,17-18,28-29H,3-4,11-12,14,16,19-21H2,1-2H3,(H,35,36). The number of aromatic nitrogens is 4. The molecule has 4 aromatic rings. The average Bonchev–Trinajstić information content (AvgIpc) is 3.68. The molecule has 4 fully saturated rings. The average molecular weight is 536 g/mol. The number of benzene rings is 1. The lowest BCUT2D eigenvalue weighted by molar-refractivity contribution is -0.00868. The molecule has 0 aliphatic carbocycles. The molecule has 2 bridgehead atoms. The van der Waals surface area contributed by atoms with Gasteiger partial charge in [0.1, 0.15) is 11.6 Å². The Labute approximate surface area is 236 Å². The zero-order chi connectivity index (χ0) is 27.1. The van der Waals surface area contributed by atoms with Crippen molar-refractivity contribution in [1.29, 1.82) is 0 Å². The number of aromatic amines is 1. The molecule has 4 aliphatic heterocycles. The minimum atomic E-state index is 0.578. The summed E-state index contributed by atoms with van der Waals surface area (Å²) >= 11 is 0. The van der Waals surface area contributed by atoms with Crippen LogP contribution in [0.1, 0.15) is 41.9 Å². The quantitative estimate of drug-likeness (QED) is 0.346. The molecular weight excluding hydrogens is 498 g/mol. The fourth-order valence-corrected chi connectivity index (χ4v) is 6.52. The number of nitrogens with zero attached hydrogens (tertiary/aromatic N) is 6. The van der Waals surface area contributed by atoms with Gasteiger partial charge >= 0.3 is 0 Å². The van der Waals surface area contributed by atoms with E-state index in [2.05, 4.69) is 79.5 Å². The first kappa shape index (κ1) is 25.1. The van der Waals surface area contributed by atoms with Gasteiger partial charge in [-0.2, -0.15) is 5.10 Å². The van der Waals surface area contributed by atoms with Gasteiger partial charge in [-0.1, -0.05) is 12.1 Å². The van der Waals surface area contributed by atoms with Gasteiger partial charge in [0.15, 0.2) is 0 Å². The number of piperazine rings is 1. The Morgan fingerprint density at radius 1 is 0.925 bits per heavy atom. The number of ether oxygens (including phenoxy) is 1. The summed E-state index contributed by atoms with van der Waals surface area (Å²) in [6.45, 7) is 7.29. The Morgan fingerprint density at radius 2 is 1.73 bits per heavy atom. The maximum Gasteiger partial charge on any atom is 0.128 e. The number of hydrogen-bond donors (Lipinski definition) is 1. The Hall–Kier alpha value is -3.91. The predicted molar refractivity (Wildman–Crippen MR) is 158 cm³/mol. The topological polar surface area (TPSA) is 73.4 Å². The van der Waals surface area contributed by atoms with Crippen LogP contribution in [0, 0.1) is 6.92 Å². The molecule has 0 amide bonds. The third-order valence-electron chi connectivity index (χ3n) is 8.69. The van der Waals surface area contributed by atoms with Crippen molar-refractivity contribution in [3.05, 3.63) is 83.4 Å². The van der Waals surface area contributed by atoms with E-state index in [-0.39, 0.29) is 0 Å². The zero-order valence-corrected chi connectivity index (χ0v) is 23.4. The van der Waals surface area contributed by atoms with E-state index in [1.807, 2.05) is 13.1 Å². The number of piperidine rings is 1. The molecule has 8 nitrogen and oxygen atoms in total. The third-order valence-corrected chi connectivity index (χ3v) is 8.69. The van der Waals surface area contributed by atoms with Gasteiger partial charge in [0.25, 0.3) is 0 Å². The molecule has 1 aromatic carbocycles. The summed E-state index contributed by atoms with van der Waals surface area (Å²) in [5, 5.41) is 7.50. The van der Waals surface area contributed by atoms with E-state index >= 15 is 0 Å². The highest BCUT2D eigenvalue weighted by molar-refractivity contribution is 5.66. The highest BCUT2D eigenvalue weighted by Gasteiger charge is 2.44. The lowest BCUT2D eigenvalue weighted by Gasteiger charge is -2.56. The molecular formula is C32H37N7O. The fourth-order valence-electron chi connectivity index (χ4n) is 6.52. The van der Waals surface area contributed by atoms with E-state index in [0.717, 1.165) is 72.6 Å². The largest absolute Gasteiger partial charge is 0.497 e. The molecule has 0 spiro atoms. The molecule has 0 saturated carbocycles. The van der Waals surface area contributed by atoms with Crippen LogP contribution in [-0.2, 0) is 13.0 Å². The summed E-state index contributed by atoms with van der Waals surface area (Å²) < 4.78 is 5.31. The van der Waals surface area contributed by atoms with Crippen LogP contribution in [-0.4, -0.2) is 70.4 Å². The Kier molecular flexibility index (Phi) is 6.63. The summed E-state index contributed by atoms with van der Waals surface area (Å²) in [7, 11) is 1.72. The molecule has 1 N–H and O–H groups in total. The van der Waals surface area contributed by atoms with Crippen molar-refractivity contribution >= 4 is 11.5 Å². The molecule has 206 valence electrons. The number of pyridine rings is 2. The number of methoxy groups -OCH3 is 1. The lowest BCUT2D eigenvalue weighted by Crippen LogP contribution is -2.68. The first-order chi connectivity index (χ1) is 19.6. The van der Waals surface area contributed by atoms with Crippen LogP contribution in [0.3, 0.4) is 0 Å². The van der Waals surface area contributed by atoms with Crippen LogP contribution < -0.4 is 14.5 Å². The molecule has 40 heavy (non-hydrogen) atoms. The lowest BCUT2D eigenvalue weighted by atomic mass is 9.86. The zero-order valence-electron chi connectivity index (χ0n) is 23.4. The second-order valence-corrected chi connectivity index (χ2v) is 11.5. The molecule has 4 aliphatic rings.